The molecule has 0 fully saturated rings. The van der Waals surface area contributed by atoms with Crippen molar-refractivity contribution >= 4 is 17.8 Å². The molecule has 2 N–H and O–H groups in total. The maximum absolute atomic E-state index is 11.2. The van der Waals surface area contributed by atoms with Crippen LogP contribution in [0.1, 0.15) is 25.7 Å². The van der Waals surface area contributed by atoms with Crippen LogP contribution in [0.5, 0.6) is 0 Å². The lowest BCUT2D eigenvalue weighted by Crippen LogP contribution is -2.30. The van der Waals surface area contributed by atoms with Crippen LogP contribution in [0.2, 0.25) is 0 Å². The van der Waals surface area contributed by atoms with Crippen LogP contribution in [0.15, 0.2) is 12.2 Å². The average Bonchev–Trinajstić information content (AvgIpc) is 2.63. The van der Waals surface area contributed by atoms with Crippen LogP contribution in [-0.2, 0) is 14.4 Å². The molecule has 6 nitrogen and oxygen atoms in total. The molecule has 0 aromatic rings. The zero-order valence-electron chi connectivity index (χ0n) is 10.2. The van der Waals surface area contributed by atoms with Gasteiger partial charge in [-0.1, -0.05) is 12.8 Å². The number of carbonyl (C=O) groups excluding carboxylic acids is 2. The van der Waals surface area contributed by atoms with Crippen LogP contribution in [0, 0.1) is 0 Å². The molecule has 0 spiro atoms. The third-order valence-electron chi connectivity index (χ3n) is 2.66. The fourth-order valence-corrected chi connectivity index (χ4v) is 1.72. The van der Waals surface area contributed by atoms with Crippen molar-refractivity contribution in [2.75, 3.05) is 19.6 Å². The number of carbonyl (C=O) groups is 3. The molecular formula is C12H18N2O4. The number of hydrogen-bond acceptors (Lipinski definition) is 4. The molecule has 1 rings (SSSR count). The molecule has 0 unspecified atom stereocenters. The van der Waals surface area contributed by atoms with Crippen molar-refractivity contribution in [2.45, 2.75) is 25.7 Å². The van der Waals surface area contributed by atoms with E-state index in [0.717, 1.165) is 25.7 Å². The van der Waals surface area contributed by atoms with Gasteiger partial charge in [0, 0.05) is 18.7 Å². The van der Waals surface area contributed by atoms with E-state index in [9.17, 15) is 14.4 Å². The molecule has 2 amide bonds. The minimum atomic E-state index is -0.853. The number of carboxylic acids is 1. The quantitative estimate of drug-likeness (QED) is 0.451. The summed E-state index contributed by atoms with van der Waals surface area (Å²) in [5.74, 6) is -1.32. The molecule has 0 saturated heterocycles. The highest BCUT2D eigenvalue weighted by atomic mass is 16.4. The maximum Gasteiger partial charge on any atom is 0.317 e. The third-order valence-corrected chi connectivity index (χ3v) is 2.66. The van der Waals surface area contributed by atoms with Crippen molar-refractivity contribution < 1.29 is 19.5 Å². The number of carboxylic acid groups (broad SMARTS) is 1. The molecule has 1 heterocycles. The SMILES string of the molecule is O=C(O)CNCCCCCCN1C(=O)C=CC1=O. The zero-order chi connectivity index (χ0) is 13.4. The highest BCUT2D eigenvalue weighted by Gasteiger charge is 2.21. The van der Waals surface area contributed by atoms with Crippen LogP contribution in [0.3, 0.4) is 0 Å². The van der Waals surface area contributed by atoms with E-state index in [1.54, 1.807) is 0 Å². The summed E-state index contributed by atoms with van der Waals surface area (Å²) in [4.78, 5) is 33.9. The van der Waals surface area contributed by atoms with E-state index in [4.69, 9.17) is 5.11 Å². The Morgan fingerprint density at radius 3 is 2.33 bits per heavy atom. The lowest BCUT2D eigenvalue weighted by molar-refractivity contribution is -0.137. The average molecular weight is 254 g/mol. The Labute approximate surface area is 106 Å². The topological polar surface area (TPSA) is 86.7 Å². The fraction of sp³-hybridized carbons (Fsp3) is 0.583. The summed E-state index contributed by atoms with van der Waals surface area (Å²) in [5.41, 5.74) is 0. The first-order valence-electron chi connectivity index (χ1n) is 6.07. The number of aliphatic carboxylic acids is 1. The van der Waals surface area contributed by atoms with Crippen LogP contribution in [0.4, 0.5) is 0 Å². The van der Waals surface area contributed by atoms with Gasteiger partial charge in [0.1, 0.15) is 0 Å². The Hall–Kier alpha value is -1.69. The normalized spacial score (nSPS) is 14.6. The first kappa shape index (κ1) is 14.4. The molecule has 0 aliphatic carbocycles. The third kappa shape index (κ3) is 5.09. The molecular weight excluding hydrogens is 236 g/mol. The molecule has 0 radical (unpaired) electrons. The second-order valence-corrected chi connectivity index (χ2v) is 4.15. The first-order valence-corrected chi connectivity index (χ1v) is 6.07. The lowest BCUT2D eigenvalue weighted by atomic mass is 10.2. The van der Waals surface area contributed by atoms with Crippen LogP contribution >= 0.6 is 0 Å². The van der Waals surface area contributed by atoms with Crippen molar-refractivity contribution in [1.29, 1.82) is 0 Å². The second kappa shape index (κ2) is 7.60. The summed E-state index contributed by atoms with van der Waals surface area (Å²) < 4.78 is 0. The van der Waals surface area contributed by atoms with Gasteiger partial charge in [-0.3, -0.25) is 19.3 Å². The van der Waals surface area contributed by atoms with E-state index < -0.39 is 5.97 Å². The minimum absolute atomic E-state index is 0.0115. The minimum Gasteiger partial charge on any atom is -0.480 e. The predicted octanol–water partition coefficient (Wildman–Crippen LogP) is 0.146. The molecule has 0 aromatic heterocycles. The molecule has 6 heteroatoms. The van der Waals surface area contributed by atoms with Crippen LogP contribution in [0.25, 0.3) is 0 Å². The number of unbranched alkanes of at least 4 members (excludes halogenated alkanes) is 3. The van der Waals surface area contributed by atoms with Gasteiger partial charge in [-0.05, 0) is 19.4 Å². The summed E-state index contributed by atoms with van der Waals surface area (Å²) >= 11 is 0. The Morgan fingerprint density at radius 2 is 1.72 bits per heavy atom. The monoisotopic (exact) mass is 254 g/mol. The standard InChI is InChI=1S/C12H18N2O4/c15-10-5-6-11(16)14(10)8-4-2-1-3-7-13-9-12(17)18/h5-6,13H,1-4,7-9H2,(H,17,18). The summed E-state index contributed by atoms with van der Waals surface area (Å²) in [7, 11) is 0. The Balaban J connectivity index is 1.94. The molecule has 1 aliphatic rings. The highest BCUT2D eigenvalue weighted by molar-refractivity contribution is 6.12. The Kier molecular flexibility index (Phi) is 6.07. The van der Waals surface area contributed by atoms with Gasteiger partial charge >= 0.3 is 5.97 Å². The number of amides is 2. The number of nitrogens with one attached hydrogen (secondary N) is 1. The van der Waals surface area contributed by atoms with Crippen molar-refractivity contribution in [1.82, 2.24) is 10.2 Å². The predicted molar refractivity (Wildman–Crippen MR) is 64.8 cm³/mol. The van der Waals surface area contributed by atoms with Crippen molar-refractivity contribution in [2.24, 2.45) is 0 Å². The Bertz CT molecular complexity index is 334. The van der Waals surface area contributed by atoms with Gasteiger partial charge in [0.05, 0.1) is 6.54 Å². The van der Waals surface area contributed by atoms with Gasteiger partial charge in [-0.25, -0.2) is 0 Å². The van der Waals surface area contributed by atoms with Crippen molar-refractivity contribution in [3.63, 3.8) is 0 Å². The van der Waals surface area contributed by atoms with Crippen LogP contribution in [-0.4, -0.2) is 47.4 Å². The van der Waals surface area contributed by atoms with Crippen LogP contribution < -0.4 is 5.32 Å². The molecule has 0 atom stereocenters. The van der Waals surface area contributed by atoms with E-state index in [-0.39, 0.29) is 18.4 Å². The second-order valence-electron chi connectivity index (χ2n) is 4.15. The molecule has 100 valence electrons. The zero-order valence-corrected chi connectivity index (χ0v) is 10.2. The van der Waals surface area contributed by atoms with Crippen molar-refractivity contribution in [3.05, 3.63) is 12.2 Å². The van der Waals surface area contributed by atoms with Gasteiger partial charge in [0.25, 0.3) is 11.8 Å². The van der Waals surface area contributed by atoms with E-state index >= 15 is 0 Å². The van der Waals surface area contributed by atoms with Gasteiger partial charge in [0.15, 0.2) is 0 Å². The Morgan fingerprint density at radius 1 is 1.11 bits per heavy atom. The summed E-state index contributed by atoms with van der Waals surface area (Å²) in [6.45, 7) is 1.13. The summed E-state index contributed by atoms with van der Waals surface area (Å²) in [5, 5.41) is 11.2. The van der Waals surface area contributed by atoms with Gasteiger partial charge in [0.2, 0.25) is 0 Å². The smallest absolute Gasteiger partial charge is 0.317 e. The van der Waals surface area contributed by atoms with Gasteiger partial charge in [-0.2, -0.15) is 0 Å². The lowest BCUT2D eigenvalue weighted by Gasteiger charge is -2.13. The summed E-state index contributed by atoms with van der Waals surface area (Å²) in [6, 6.07) is 0. The maximum atomic E-state index is 11.2. The van der Waals surface area contributed by atoms with Gasteiger partial charge < -0.3 is 10.4 Å². The van der Waals surface area contributed by atoms with Gasteiger partial charge in [-0.15, -0.1) is 0 Å². The van der Waals surface area contributed by atoms with E-state index in [2.05, 4.69) is 5.32 Å². The molecule has 0 aromatic carbocycles. The number of nitrogens with zero attached hydrogens (tertiary/aromatic N) is 1. The summed E-state index contributed by atoms with van der Waals surface area (Å²) in [6.07, 6.45) is 6.14. The molecule has 18 heavy (non-hydrogen) atoms. The number of imide groups is 1. The molecule has 0 saturated carbocycles. The van der Waals surface area contributed by atoms with Crippen molar-refractivity contribution in [3.8, 4) is 0 Å². The largest absolute Gasteiger partial charge is 0.480 e. The number of rotatable bonds is 9. The first-order chi connectivity index (χ1) is 8.61. The molecule has 1 aliphatic heterocycles. The molecule has 0 bridgehead atoms. The fourth-order valence-electron chi connectivity index (χ4n) is 1.72. The number of hydrogen-bond donors (Lipinski definition) is 2. The van der Waals surface area contributed by atoms with E-state index in [1.807, 2.05) is 0 Å². The van der Waals surface area contributed by atoms with E-state index in [1.165, 1.54) is 17.1 Å². The van der Waals surface area contributed by atoms with E-state index in [0.29, 0.717) is 13.1 Å². The highest BCUT2D eigenvalue weighted by Crippen LogP contribution is 2.07.